The molecule has 4 nitrogen and oxygen atoms in total. The molecular formula is C12H20N2O2S. The highest BCUT2D eigenvalue weighted by molar-refractivity contribution is 7.89. The quantitative estimate of drug-likeness (QED) is 0.790. The van der Waals surface area contributed by atoms with Gasteiger partial charge in [0.1, 0.15) is 4.90 Å². The SMILES string of the molecule is Cc1ccc(S(=O)(=O)NCCC(C)C)c(N)c1. The number of nitrogens with one attached hydrogen (secondary N) is 1. The number of rotatable bonds is 5. The molecule has 1 aromatic carbocycles. The van der Waals surface area contributed by atoms with E-state index in [9.17, 15) is 8.42 Å². The average Bonchev–Trinajstić information content (AvgIpc) is 2.15. The third-order valence-corrected chi connectivity index (χ3v) is 4.00. The van der Waals surface area contributed by atoms with E-state index in [4.69, 9.17) is 5.73 Å². The van der Waals surface area contributed by atoms with Gasteiger partial charge >= 0.3 is 0 Å². The summed E-state index contributed by atoms with van der Waals surface area (Å²) in [5.74, 6) is 0.466. The van der Waals surface area contributed by atoms with Gasteiger partial charge in [0, 0.05) is 6.54 Å². The van der Waals surface area contributed by atoms with Gasteiger partial charge in [0.15, 0.2) is 0 Å². The largest absolute Gasteiger partial charge is 0.398 e. The van der Waals surface area contributed by atoms with Gasteiger partial charge in [0.2, 0.25) is 10.0 Å². The van der Waals surface area contributed by atoms with Gasteiger partial charge in [-0.05, 0) is 37.0 Å². The normalized spacial score (nSPS) is 12.0. The minimum atomic E-state index is -3.48. The van der Waals surface area contributed by atoms with Crippen LogP contribution in [-0.4, -0.2) is 15.0 Å². The molecule has 0 saturated heterocycles. The van der Waals surface area contributed by atoms with Gasteiger partial charge in [-0.15, -0.1) is 0 Å². The van der Waals surface area contributed by atoms with Gasteiger partial charge in [0.25, 0.3) is 0 Å². The van der Waals surface area contributed by atoms with E-state index in [0.717, 1.165) is 12.0 Å². The van der Waals surface area contributed by atoms with Crippen molar-refractivity contribution >= 4 is 15.7 Å². The van der Waals surface area contributed by atoms with Crippen LogP contribution in [0, 0.1) is 12.8 Å². The Morgan fingerprint density at radius 2 is 2.00 bits per heavy atom. The molecule has 0 atom stereocenters. The average molecular weight is 256 g/mol. The summed E-state index contributed by atoms with van der Waals surface area (Å²) in [5.41, 5.74) is 6.96. The van der Waals surface area contributed by atoms with Crippen molar-refractivity contribution in [1.82, 2.24) is 4.72 Å². The van der Waals surface area contributed by atoms with Crippen molar-refractivity contribution in [3.63, 3.8) is 0 Å². The summed E-state index contributed by atoms with van der Waals surface area (Å²) in [4.78, 5) is 0.159. The first-order valence-corrected chi connectivity index (χ1v) is 7.17. The smallest absolute Gasteiger partial charge is 0.242 e. The molecule has 0 aliphatic heterocycles. The third kappa shape index (κ3) is 4.02. The summed E-state index contributed by atoms with van der Waals surface area (Å²) in [6, 6.07) is 4.95. The number of hydrogen-bond acceptors (Lipinski definition) is 3. The molecular weight excluding hydrogens is 236 g/mol. The zero-order valence-electron chi connectivity index (χ0n) is 10.5. The summed E-state index contributed by atoms with van der Waals surface area (Å²) < 4.78 is 26.5. The Bertz CT molecular complexity index is 481. The topological polar surface area (TPSA) is 72.2 Å². The van der Waals surface area contributed by atoms with Crippen LogP contribution in [0.25, 0.3) is 0 Å². The van der Waals surface area contributed by atoms with Crippen LogP contribution >= 0.6 is 0 Å². The highest BCUT2D eigenvalue weighted by Crippen LogP contribution is 2.19. The Kier molecular flexibility index (Phi) is 4.54. The van der Waals surface area contributed by atoms with E-state index < -0.39 is 10.0 Å². The minimum Gasteiger partial charge on any atom is -0.398 e. The van der Waals surface area contributed by atoms with E-state index in [1.807, 2.05) is 6.92 Å². The maximum Gasteiger partial charge on any atom is 0.242 e. The summed E-state index contributed by atoms with van der Waals surface area (Å²) in [6.07, 6.45) is 0.811. The number of aryl methyl sites for hydroxylation is 1. The van der Waals surface area contributed by atoms with Crippen LogP contribution in [0.2, 0.25) is 0 Å². The Balaban J connectivity index is 2.83. The Morgan fingerprint density at radius 3 is 2.53 bits per heavy atom. The first-order chi connectivity index (χ1) is 7.83. The fourth-order valence-corrected chi connectivity index (χ4v) is 2.63. The standard InChI is InChI=1S/C12H20N2O2S/c1-9(2)6-7-14-17(15,16)12-5-4-10(3)8-11(12)13/h4-5,8-9,14H,6-7,13H2,1-3H3. The zero-order valence-corrected chi connectivity index (χ0v) is 11.3. The second-order valence-electron chi connectivity index (χ2n) is 4.62. The number of anilines is 1. The fourth-order valence-electron chi connectivity index (χ4n) is 1.47. The van der Waals surface area contributed by atoms with Crippen LogP contribution in [-0.2, 0) is 10.0 Å². The molecule has 0 aliphatic carbocycles. The molecule has 0 heterocycles. The highest BCUT2D eigenvalue weighted by atomic mass is 32.2. The highest BCUT2D eigenvalue weighted by Gasteiger charge is 2.16. The van der Waals surface area contributed by atoms with Gasteiger partial charge in [-0.25, -0.2) is 13.1 Å². The van der Waals surface area contributed by atoms with Crippen molar-refractivity contribution in [3.05, 3.63) is 23.8 Å². The van der Waals surface area contributed by atoms with Gasteiger partial charge in [-0.1, -0.05) is 19.9 Å². The molecule has 1 rings (SSSR count). The summed E-state index contributed by atoms with van der Waals surface area (Å²) in [6.45, 7) is 6.41. The molecule has 96 valence electrons. The fraction of sp³-hybridized carbons (Fsp3) is 0.500. The minimum absolute atomic E-state index is 0.159. The molecule has 1 aromatic rings. The first kappa shape index (κ1) is 14.0. The summed E-state index contributed by atoms with van der Waals surface area (Å²) in [7, 11) is -3.48. The Hall–Kier alpha value is -1.07. The number of benzene rings is 1. The molecule has 0 spiro atoms. The lowest BCUT2D eigenvalue weighted by molar-refractivity contribution is 0.552. The van der Waals surface area contributed by atoms with Crippen LogP contribution in [0.5, 0.6) is 0 Å². The Labute approximate surface area is 103 Å². The molecule has 0 bridgehead atoms. The van der Waals surface area contributed by atoms with E-state index in [1.54, 1.807) is 18.2 Å². The van der Waals surface area contributed by atoms with Crippen LogP contribution in [0.4, 0.5) is 5.69 Å². The lowest BCUT2D eigenvalue weighted by Crippen LogP contribution is -2.26. The number of sulfonamides is 1. The maximum absolute atomic E-state index is 12.0. The van der Waals surface area contributed by atoms with Crippen LogP contribution in [0.3, 0.4) is 0 Å². The van der Waals surface area contributed by atoms with E-state index in [0.29, 0.717) is 18.2 Å². The first-order valence-electron chi connectivity index (χ1n) is 5.68. The van der Waals surface area contributed by atoms with Crippen molar-refractivity contribution in [2.75, 3.05) is 12.3 Å². The molecule has 0 radical (unpaired) electrons. The predicted molar refractivity (Wildman–Crippen MR) is 70.2 cm³/mol. The second kappa shape index (κ2) is 5.51. The van der Waals surface area contributed by atoms with E-state index in [1.165, 1.54) is 0 Å². The van der Waals surface area contributed by atoms with Gasteiger partial charge in [-0.3, -0.25) is 0 Å². The Morgan fingerprint density at radius 1 is 1.35 bits per heavy atom. The lowest BCUT2D eigenvalue weighted by atomic mass is 10.1. The molecule has 0 amide bonds. The molecule has 0 aromatic heterocycles. The van der Waals surface area contributed by atoms with E-state index in [-0.39, 0.29) is 4.90 Å². The van der Waals surface area contributed by atoms with Crippen molar-refractivity contribution in [3.8, 4) is 0 Å². The van der Waals surface area contributed by atoms with Crippen molar-refractivity contribution in [2.45, 2.75) is 32.1 Å². The molecule has 5 heteroatoms. The van der Waals surface area contributed by atoms with Gasteiger partial charge < -0.3 is 5.73 Å². The van der Waals surface area contributed by atoms with Crippen LogP contribution < -0.4 is 10.5 Å². The summed E-state index contributed by atoms with van der Waals surface area (Å²) >= 11 is 0. The number of hydrogen-bond donors (Lipinski definition) is 2. The van der Waals surface area contributed by atoms with Crippen LogP contribution in [0.1, 0.15) is 25.8 Å². The zero-order chi connectivity index (χ0) is 13.1. The third-order valence-electron chi connectivity index (χ3n) is 2.47. The predicted octanol–water partition coefficient (Wildman–Crippen LogP) is 1.90. The number of nitrogen functional groups attached to an aromatic ring is 1. The molecule has 0 saturated carbocycles. The molecule has 3 N–H and O–H groups in total. The van der Waals surface area contributed by atoms with Crippen molar-refractivity contribution in [2.24, 2.45) is 5.92 Å². The lowest BCUT2D eigenvalue weighted by Gasteiger charge is -2.10. The molecule has 0 fully saturated rings. The van der Waals surface area contributed by atoms with E-state index in [2.05, 4.69) is 18.6 Å². The molecule has 17 heavy (non-hydrogen) atoms. The van der Waals surface area contributed by atoms with Crippen LogP contribution in [0.15, 0.2) is 23.1 Å². The molecule has 0 unspecified atom stereocenters. The second-order valence-corrected chi connectivity index (χ2v) is 6.36. The number of nitrogens with two attached hydrogens (primary N) is 1. The summed E-state index contributed by atoms with van der Waals surface area (Å²) in [5, 5.41) is 0. The monoisotopic (exact) mass is 256 g/mol. The van der Waals surface area contributed by atoms with Crippen molar-refractivity contribution < 1.29 is 8.42 Å². The maximum atomic E-state index is 12.0. The van der Waals surface area contributed by atoms with Crippen molar-refractivity contribution in [1.29, 1.82) is 0 Å². The van der Waals surface area contributed by atoms with Gasteiger partial charge in [0.05, 0.1) is 5.69 Å². The van der Waals surface area contributed by atoms with Gasteiger partial charge in [-0.2, -0.15) is 0 Å². The van der Waals surface area contributed by atoms with E-state index >= 15 is 0 Å². The molecule has 0 aliphatic rings.